The standard InChI is InChI=1S/C18H17F3N4O2/c19-18(20,21)27-12-8-4-3-7-11(12)9-13-22-15-14(10-5-1-2-6-10)24-25-16(15)17(26)23-13/h3-4,7-8,10H,1-2,5-6,9H2,(H,24,25)(H,22,23,26). The Kier molecular flexibility index (Phi) is 4.37. The van der Waals surface area contributed by atoms with Gasteiger partial charge in [-0.15, -0.1) is 13.2 Å². The highest BCUT2D eigenvalue weighted by molar-refractivity contribution is 5.76. The van der Waals surface area contributed by atoms with E-state index in [-0.39, 0.29) is 35.0 Å². The molecule has 1 aliphatic rings. The minimum Gasteiger partial charge on any atom is -0.405 e. The summed E-state index contributed by atoms with van der Waals surface area (Å²) in [6.07, 6.45) is -0.583. The Morgan fingerprint density at radius 3 is 2.67 bits per heavy atom. The molecule has 2 N–H and O–H groups in total. The summed E-state index contributed by atoms with van der Waals surface area (Å²) in [4.78, 5) is 19.5. The summed E-state index contributed by atoms with van der Waals surface area (Å²) in [6, 6.07) is 5.81. The van der Waals surface area contributed by atoms with Gasteiger partial charge < -0.3 is 9.72 Å². The van der Waals surface area contributed by atoms with Crippen LogP contribution in [0, 0.1) is 0 Å². The molecule has 142 valence electrons. The normalized spacial score (nSPS) is 15.5. The van der Waals surface area contributed by atoms with Crippen LogP contribution in [0.5, 0.6) is 5.75 Å². The quantitative estimate of drug-likeness (QED) is 0.723. The van der Waals surface area contributed by atoms with E-state index >= 15 is 0 Å². The molecule has 0 spiro atoms. The minimum atomic E-state index is -4.79. The van der Waals surface area contributed by atoms with Gasteiger partial charge in [0.05, 0.1) is 5.69 Å². The predicted octanol–water partition coefficient (Wildman–Crippen LogP) is 3.79. The lowest BCUT2D eigenvalue weighted by molar-refractivity contribution is -0.274. The molecule has 1 fully saturated rings. The first-order valence-electron chi connectivity index (χ1n) is 8.71. The topological polar surface area (TPSA) is 83.7 Å². The summed E-state index contributed by atoms with van der Waals surface area (Å²) in [5.74, 6) is 0.212. The van der Waals surface area contributed by atoms with Crippen LogP contribution in [0.4, 0.5) is 13.2 Å². The Balaban J connectivity index is 1.71. The zero-order chi connectivity index (χ0) is 19.0. The van der Waals surface area contributed by atoms with Crippen LogP contribution in [0.15, 0.2) is 29.1 Å². The molecule has 3 aromatic rings. The fourth-order valence-corrected chi connectivity index (χ4v) is 3.60. The summed E-state index contributed by atoms with van der Waals surface area (Å²) in [5, 5.41) is 7.01. The summed E-state index contributed by atoms with van der Waals surface area (Å²) < 4.78 is 41.9. The average molecular weight is 378 g/mol. The van der Waals surface area contributed by atoms with Gasteiger partial charge in [0.25, 0.3) is 5.56 Å². The summed E-state index contributed by atoms with van der Waals surface area (Å²) in [7, 11) is 0. The molecule has 1 saturated carbocycles. The van der Waals surface area contributed by atoms with Crippen molar-refractivity contribution in [1.29, 1.82) is 0 Å². The lowest BCUT2D eigenvalue weighted by Crippen LogP contribution is -2.18. The number of nitrogens with zero attached hydrogens (tertiary/aromatic N) is 2. The molecule has 0 bridgehead atoms. The number of hydrogen-bond donors (Lipinski definition) is 2. The average Bonchev–Trinajstić information content (AvgIpc) is 3.24. The van der Waals surface area contributed by atoms with E-state index < -0.39 is 6.36 Å². The van der Waals surface area contributed by atoms with Crippen LogP contribution < -0.4 is 10.3 Å². The van der Waals surface area contributed by atoms with E-state index in [1.54, 1.807) is 6.07 Å². The lowest BCUT2D eigenvalue weighted by Gasteiger charge is -2.13. The lowest BCUT2D eigenvalue weighted by atomic mass is 10.0. The second-order valence-electron chi connectivity index (χ2n) is 6.66. The third-order valence-electron chi connectivity index (χ3n) is 4.80. The van der Waals surface area contributed by atoms with Crippen LogP contribution in [0.3, 0.4) is 0 Å². The minimum absolute atomic E-state index is 0.00667. The Labute approximate surface area is 151 Å². The van der Waals surface area contributed by atoms with Crippen molar-refractivity contribution in [2.24, 2.45) is 0 Å². The third-order valence-corrected chi connectivity index (χ3v) is 4.80. The summed E-state index contributed by atoms with van der Waals surface area (Å²) in [5.41, 5.74) is 1.44. The van der Waals surface area contributed by atoms with Crippen LogP contribution in [-0.4, -0.2) is 26.5 Å². The molecule has 2 aromatic heterocycles. The van der Waals surface area contributed by atoms with Crippen molar-refractivity contribution in [1.82, 2.24) is 20.2 Å². The number of fused-ring (bicyclic) bond motifs is 1. The monoisotopic (exact) mass is 378 g/mol. The van der Waals surface area contributed by atoms with E-state index in [2.05, 4.69) is 24.9 Å². The van der Waals surface area contributed by atoms with Crippen molar-refractivity contribution >= 4 is 11.0 Å². The van der Waals surface area contributed by atoms with E-state index in [1.165, 1.54) is 18.2 Å². The van der Waals surface area contributed by atoms with Gasteiger partial charge in [-0.2, -0.15) is 5.10 Å². The second-order valence-corrected chi connectivity index (χ2v) is 6.66. The van der Waals surface area contributed by atoms with Gasteiger partial charge in [0, 0.05) is 17.9 Å². The number of aromatic nitrogens is 4. The van der Waals surface area contributed by atoms with Gasteiger partial charge in [0.1, 0.15) is 22.6 Å². The van der Waals surface area contributed by atoms with Crippen molar-refractivity contribution < 1.29 is 17.9 Å². The number of nitrogens with one attached hydrogen (secondary N) is 2. The molecule has 0 unspecified atom stereocenters. The highest BCUT2D eigenvalue weighted by atomic mass is 19.4. The zero-order valence-corrected chi connectivity index (χ0v) is 14.3. The number of ether oxygens (including phenoxy) is 1. The van der Waals surface area contributed by atoms with E-state index in [4.69, 9.17) is 0 Å². The molecule has 1 aromatic carbocycles. The van der Waals surface area contributed by atoms with Gasteiger partial charge in [0.15, 0.2) is 0 Å². The molecule has 0 radical (unpaired) electrons. The van der Waals surface area contributed by atoms with Crippen LogP contribution >= 0.6 is 0 Å². The molecule has 0 amide bonds. The van der Waals surface area contributed by atoms with Crippen LogP contribution in [0.1, 0.15) is 48.7 Å². The first-order chi connectivity index (χ1) is 12.9. The molecule has 0 aliphatic heterocycles. The summed E-state index contributed by atoms with van der Waals surface area (Å²) >= 11 is 0. The van der Waals surface area contributed by atoms with E-state index in [0.29, 0.717) is 11.0 Å². The number of alkyl halides is 3. The fourth-order valence-electron chi connectivity index (χ4n) is 3.60. The largest absolute Gasteiger partial charge is 0.573 e. The maximum atomic E-state index is 12.6. The smallest absolute Gasteiger partial charge is 0.405 e. The van der Waals surface area contributed by atoms with E-state index in [1.807, 2.05) is 0 Å². The van der Waals surface area contributed by atoms with Crippen LogP contribution in [0.25, 0.3) is 11.0 Å². The maximum absolute atomic E-state index is 12.6. The first-order valence-corrected chi connectivity index (χ1v) is 8.71. The predicted molar refractivity (Wildman–Crippen MR) is 91.6 cm³/mol. The molecule has 0 saturated heterocycles. The van der Waals surface area contributed by atoms with Gasteiger partial charge in [-0.25, -0.2) is 4.98 Å². The Morgan fingerprint density at radius 2 is 1.93 bits per heavy atom. The summed E-state index contributed by atoms with van der Waals surface area (Å²) in [6.45, 7) is 0. The number of rotatable bonds is 4. The van der Waals surface area contributed by atoms with E-state index in [9.17, 15) is 18.0 Å². The molecule has 4 rings (SSSR count). The molecule has 1 aliphatic carbocycles. The fraction of sp³-hybridized carbons (Fsp3) is 0.389. The number of hydrogen-bond acceptors (Lipinski definition) is 4. The number of benzene rings is 1. The third kappa shape index (κ3) is 3.67. The van der Waals surface area contributed by atoms with Crippen molar-refractivity contribution in [3.8, 4) is 5.75 Å². The second kappa shape index (κ2) is 6.71. The zero-order valence-electron chi connectivity index (χ0n) is 14.3. The Morgan fingerprint density at radius 1 is 1.19 bits per heavy atom. The van der Waals surface area contributed by atoms with Crippen LogP contribution in [0.2, 0.25) is 0 Å². The van der Waals surface area contributed by atoms with Gasteiger partial charge >= 0.3 is 6.36 Å². The molecule has 0 atom stereocenters. The Bertz CT molecular complexity index is 1020. The molecule has 9 heteroatoms. The number of aromatic amines is 2. The van der Waals surface area contributed by atoms with Crippen LogP contribution in [-0.2, 0) is 6.42 Å². The molecule has 2 heterocycles. The van der Waals surface area contributed by atoms with Crippen molar-refractivity contribution in [3.63, 3.8) is 0 Å². The SMILES string of the molecule is O=c1[nH]c(Cc2ccccc2OC(F)(F)F)nc2c(C3CCCC3)n[nH]c12. The first kappa shape index (κ1) is 17.6. The molecule has 6 nitrogen and oxygen atoms in total. The number of para-hydroxylation sites is 1. The number of halogens is 3. The maximum Gasteiger partial charge on any atom is 0.573 e. The van der Waals surface area contributed by atoms with Gasteiger partial charge in [-0.3, -0.25) is 9.89 Å². The van der Waals surface area contributed by atoms with Crippen molar-refractivity contribution in [2.45, 2.75) is 44.4 Å². The van der Waals surface area contributed by atoms with Gasteiger partial charge in [-0.1, -0.05) is 31.0 Å². The molecular weight excluding hydrogens is 361 g/mol. The van der Waals surface area contributed by atoms with Crippen molar-refractivity contribution in [2.75, 3.05) is 0 Å². The van der Waals surface area contributed by atoms with Gasteiger partial charge in [-0.05, 0) is 18.9 Å². The Hall–Kier alpha value is -2.84. The van der Waals surface area contributed by atoms with Crippen molar-refractivity contribution in [3.05, 3.63) is 51.7 Å². The molecular formula is C18H17F3N4O2. The van der Waals surface area contributed by atoms with E-state index in [0.717, 1.165) is 31.4 Å². The van der Waals surface area contributed by atoms with Gasteiger partial charge in [0.2, 0.25) is 0 Å². The molecule has 27 heavy (non-hydrogen) atoms. The highest BCUT2D eigenvalue weighted by Gasteiger charge is 2.32. The highest BCUT2D eigenvalue weighted by Crippen LogP contribution is 2.35. The number of H-pyrrole nitrogens is 2.